The molecular formula is C31H35NO7. The summed E-state index contributed by atoms with van der Waals surface area (Å²) in [5, 5.41) is 2.98. The van der Waals surface area contributed by atoms with Gasteiger partial charge in [0, 0.05) is 13.8 Å². The molecule has 8 nitrogen and oxygen atoms in total. The number of carbonyl (C=O) groups excluding carboxylic acids is 2. The molecular weight excluding hydrogens is 498 g/mol. The van der Waals surface area contributed by atoms with Crippen molar-refractivity contribution in [1.82, 2.24) is 5.32 Å². The van der Waals surface area contributed by atoms with Crippen molar-refractivity contribution in [2.24, 2.45) is 0 Å². The highest BCUT2D eigenvalue weighted by Crippen LogP contribution is 2.29. The van der Waals surface area contributed by atoms with Crippen LogP contribution >= 0.6 is 0 Å². The minimum atomic E-state index is -1.08. The van der Waals surface area contributed by atoms with Gasteiger partial charge in [-0.25, -0.2) is 0 Å². The van der Waals surface area contributed by atoms with E-state index in [1.54, 1.807) is 0 Å². The Labute approximate surface area is 229 Å². The quantitative estimate of drug-likeness (QED) is 0.350. The van der Waals surface area contributed by atoms with E-state index in [-0.39, 0.29) is 25.7 Å². The Morgan fingerprint density at radius 2 is 1.21 bits per heavy atom. The predicted molar refractivity (Wildman–Crippen MR) is 144 cm³/mol. The first-order valence-electron chi connectivity index (χ1n) is 13.0. The Morgan fingerprint density at radius 1 is 0.718 bits per heavy atom. The molecule has 0 radical (unpaired) electrons. The van der Waals surface area contributed by atoms with Crippen LogP contribution in [0.2, 0.25) is 0 Å². The summed E-state index contributed by atoms with van der Waals surface area (Å²) in [6.45, 7) is 3.76. The van der Waals surface area contributed by atoms with Gasteiger partial charge in [0.2, 0.25) is 12.2 Å². The lowest BCUT2D eigenvalue weighted by Gasteiger charge is -2.45. The maximum atomic E-state index is 12.4. The molecule has 1 heterocycles. The van der Waals surface area contributed by atoms with Gasteiger partial charge in [0.05, 0.1) is 32.5 Å². The normalized spacial score (nSPS) is 22.7. The van der Waals surface area contributed by atoms with Crippen LogP contribution in [0, 0.1) is 0 Å². The summed E-state index contributed by atoms with van der Waals surface area (Å²) in [6.07, 6.45) is -3.22. The standard InChI is InChI=1S/C31H35NO7/c1-22(33)32-28-29(36-19-25-14-8-4-9-15-25)27(21-35-18-24-12-6-3-7-13-24)39-31(38-23(2)34)30(28)37-20-26-16-10-5-11-17-26/h3-17,27-31H,18-21H2,1-2H3,(H,32,33)/t27-,28-,29+,30-,31-/m1/s1. The number of benzene rings is 3. The SMILES string of the molecule is CC(=O)N[C@@H]1[C@@H](OCc2ccccc2)[C@@H](COCc2ccccc2)O[C@@H](OC(C)=O)[C@@H]1OCc1ccccc1. The molecule has 1 aliphatic heterocycles. The average molecular weight is 534 g/mol. The number of hydrogen-bond acceptors (Lipinski definition) is 7. The fraction of sp³-hybridized carbons (Fsp3) is 0.355. The Balaban J connectivity index is 1.58. The number of hydrogen-bond donors (Lipinski definition) is 1. The lowest BCUT2D eigenvalue weighted by atomic mass is 9.95. The molecule has 1 amide bonds. The number of ether oxygens (including phenoxy) is 5. The molecule has 39 heavy (non-hydrogen) atoms. The summed E-state index contributed by atoms with van der Waals surface area (Å²) in [6, 6.07) is 28.4. The topological polar surface area (TPSA) is 92.3 Å². The Morgan fingerprint density at radius 3 is 1.69 bits per heavy atom. The van der Waals surface area contributed by atoms with Crippen LogP contribution in [0.3, 0.4) is 0 Å². The summed E-state index contributed by atoms with van der Waals surface area (Å²) in [7, 11) is 0. The van der Waals surface area contributed by atoms with Crippen LogP contribution in [0.4, 0.5) is 0 Å². The van der Waals surface area contributed by atoms with E-state index in [2.05, 4.69) is 5.32 Å². The van der Waals surface area contributed by atoms with Crippen molar-refractivity contribution in [3.05, 3.63) is 108 Å². The van der Waals surface area contributed by atoms with Crippen LogP contribution < -0.4 is 5.32 Å². The molecule has 0 aromatic heterocycles. The number of nitrogens with one attached hydrogen (secondary N) is 1. The molecule has 1 aliphatic rings. The largest absolute Gasteiger partial charge is 0.433 e. The van der Waals surface area contributed by atoms with E-state index in [9.17, 15) is 9.59 Å². The van der Waals surface area contributed by atoms with Gasteiger partial charge in [0.1, 0.15) is 18.3 Å². The van der Waals surface area contributed by atoms with Crippen molar-refractivity contribution in [2.75, 3.05) is 6.61 Å². The Hall–Kier alpha value is -3.56. The molecule has 0 unspecified atom stereocenters. The zero-order chi connectivity index (χ0) is 27.5. The minimum Gasteiger partial charge on any atom is -0.433 e. The third-order valence-corrected chi connectivity index (χ3v) is 6.27. The Kier molecular flexibility index (Phi) is 10.6. The molecule has 3 aromatic carbocycles. The molecule has 0 saturated carbocycles. The highest BCUT2D eigenvalue weighted by molar-refractivity contribution is 5.73. The van der Waals surface area contributed by atoms with Crippen LogP contribution in [0.5, 0.6) is 0 Å². The van der Waals surface area contributed by atoms with Crippen molar-refractivity contribution >= 4 is 11.9 Å². The maximum absolute atomic E-state index is 12.4. The maximum Gasteiger partial charge on any atom is 0.305 e. The molecule has 3 aromatic rings. The van der Waals surface area contributed by atoms with Gasteiger partial charge < -0.3 is 29.0 Å². The summed E-state index contributed by atoms with van der Waals surface area (Å²) in [5.74, 6) is -0.795. The molecule has 1 N–H and O–H groups in total. The number of esters is 1. The van der Waals surface area contributed by atoms with Crippen LogP contribution in [0.1, 0.15) is 30.5 Å². The second-order valence-electron chi connectivity index (χ2n) is 9.40. The molecule has 0 bridgehead atoms. The molecule has 0 aliphatic carbocycles. The first-order valence-corrected chi connectivity index (χ1v) is 13.0. The smallest absolute Gasteiger partial charge is 0.305 e. The van der Waals surface area contributed by atoms with Crippen LogP contribution in [0.25, 0.3) is 0 Å². The van der Waals surface area contributed by atoms with Crippen molar-refractivity contribution in [3.63, 3.8) is 0 Å². The lowest BCUT2D eigenvalue weighted by Crippen LogP contribution is -2.66. The fourth-order valence-electron chi connectivity index (χ4n) is 4.50. The van der Waals surface area contributed by atoms with Gasteiger partial charge in [-0.15, -0.1) is 0 Å². The second kappa shape index (κ2) is 14.6. The third kappa shape index (κ3) is 8.73. The highest BCUT2D eigenvalue weighted by atomic mass is 16.7. The van der Waals surface area contributed by atoms with Gasteiger partial charge in [0.25, 0.3) is 0 Å². The zero-order valence-electron chi connectivity index (χ0n) is 22.2. The second-order valence-corrected chi connectivity index (χ2v) is 9.40. The molecule has 4 rings (SSSR count). The highest BCUT2D eigenvalue weighted by Gasteiger charge is 2.49. The van der Waals surface area contributed by atoms with Crippen molar-refractivity contribution in [1.29, 1.82) is 0 Å². The van der Waals surface area contributed by atoms with E-state index >= 15 is 0 Å². The zero-order valence-corrected chi connectivity index (χ0v) is 22.2. The summed E-state index contributed by atoms with van der Waals surface area (Å²) in [4.78, 5) is 24.4. The molecule has 1 saturated heterocycles. The van der Waals surface area contributed by atoms with Gasteiger partial charge >= 0.3 is 5.97 Å². The monoisotopic (exact) mass is 533 g/mol. The third-order valence-electron chi connectivity index (χ3n) is 6.27. The summed E-state index contributed by atoms with van der Waals surface area (Å²) < 4.78 is 30.5. The number of rotatable bonds is 12. The number of carbonyl (C=O) groups is 2. The van der Waals surface area contributed by atoms with E-state index in [0.717, 1.165) is 16.7 Å². The van der Waals surface area contributed by atoms with Crippen molar-refractivity contribution < 1.29 is 33.3 Å². The lowest BCUT2D eigenvalue weighted by molar-refractivity contribution is -0.290. The van der Waals surface area contributed by atoms with E-state index in [4.69, 9.17) is 23.7 Å². The van der Waals surface area contributed by atoms with Crippen LogP contribution in [0.15, 0.2) is 91.0 Å². The van der Waals surface area contributed by atoms with Gasteiger partial charge in [-0.3, -0.25) is 9.59 Å². The van der Waals surface area contributed by atoms with Gasteiger partial charge in [-0.1, -0.05) is 91.0 Å². The molecule has 206 valence electrons. The molecule has 8 heteroatoms. The molecule has 0 spiro atoms. The summed E-state index contributed by atoms with van der Waals surface area (Å²) in [5.41, 5.74) is 2.90. The van der Waals surface area contributed by atoms with Gasteiger partial charge in [-0.05, 0) is 16.7 Å². The average Bonchev–Trinajstić information content (AvgIpc) is 2.93. The van der Waals surface area contributed by atoms with E-state index in [1.807, 2.05) is 91.0 Å². The molecule has 1 fully saturated rings. The van der Waals surface area contributed by atoms with Gasteiger partial charge in [-0.2, -0.15) is 0 Å². The molecule has 5 atom stereocenters. The van der Waals surface area contributed by atoms with Crippen molar-refractivity contribution in [3.8, 4) is 0 Å². The van der Waals surface area contributed by atoms with Crippen molar-refractivity contribution in [2.45, 2.75) is 64.3 Å². The van der Waals surface area contributed by atoms with Crippen LogP contribution in [-0.4, -0.2) is 49.1 Å². The Bertz CT molecular complexity index is 1160. The fourth-order valence-corrected chi connectivity index (χ4v) is 4.50. The minimum absolute atomic E-state index is 0.146. The van der Waals surface area contributed by atoms with Crippen LogP contribution in [-0.2, 0) is 53.1 Å². The first-order chi connectivity index (χ1) is 19.0. The van der Waals surface area contributed by atoms with Gasteiger partial charge in [0.15, 0.2) is 0 Å². The van der Waals surface area contributed by atoms with E-state index in [1.165, 1.54) is 13.8 Å². The number of amides is 1. The summed E-state index contributed by atoms with van der Waals surface area (Å²) >= 11 is 0. The van der Waals surface area contributed by atoms with E-state index in [0.29, 0.717) is 6.61 Å². The first kappa shape index (κ1) is 28.4. The van der Waals surface area contributed by atoms with E-state index < -0.39 is 36.6 Å². The predicted octanol–water partition coefficient (Wildman–Crippen LogP) is 4.17.